The van der Waals surface area contributed by atoms with Gasteiger partial charge >= 0.3 is 0 Å². The van der Waals surface area contributed by atoms with Crippen LogP contribution in [0.3, 0.4) is 0 Å². The molecule has 0 saturated carbocycles. The topological polar surface area (TPSA) is 33.5 Å². The molecule has 0 aliphatic heterocycles. The van der Waals surface area contributed by atoms with Gasteiger partial charge < -0.3 is 9.32 Å². The van der Waals surface area contributed by atoms with E-state index < -0.39 is 0 Å². The van der Waals surface area contributed by atoms with Gasteiger partial charge in [-0.3, -0.25) is 4.79 Å². The first-order chi connectivity index (χ1) is 8.97. The van der Waals surface area contributed by atoms with E-state index in [0.717, 1.165) is 16.0 Å². The molecule has 19 heavy (non-hydrogen) atoms. The molecule has 0 aliphatic carbocycles. The summed E-state index contributed by atoms with van der Waals surface area (Å²) in [5.74, 6) is 1.48. The summed E-state index contributed by atoms with van der Waals surface area (Å²) in [6, 6.07) is 8.89. The highest BCUT2D eigenvalue weighted by molar-refractivity contribution is 9.10. The van der Waals surface area contributed by atoms with Crippen LogP contribution in [0.25, 0.3) is 0 Å². The van der Waals surface area contributed by atoms with Crippen LogP contribution in [0.5, 0.6) is 0 Å². The molecule has 0 unspecified atom stereocenters. The van der Waals surface area contributed by atoms with Gasteiger partial charge in [-0.05, 0) is 53.2 Å². The van der Waals surface area contributed by atoms with E-state index in [1.54, 1.807) is 30.1 Å². The SMILES string of the molecule is Cc1ccc(CN(C)C(=O)c2cc(Cl)ccc2Br)o1. The van der Waals surface area contributed by atoms with Crippen LogP contribution in [0, 0.1) is 6.92 Å². The molecule has 100 valence electrons. The molecule has 0 bridgehead atoms. The molecule has 0 N–H and O–H groups in total. The maximum atomic E-state index is 12.3. The highest BCUT2D eigenvalue weighted by atomic mass is 79.9. The van der Waals surface area contributed by atoms with Gasteiger partial charge in [0.25, 0.3) is 5.91 Å². The quantitative estimate of drug-likeness (QED) is 0.834. The largest absolute Gasteiger partial charge is 0.464 e. The molecule has 2 aromatic rings. The number of rotatable bonds is 3. The average molecular weight is 343 g/mol. The van der Waals surface area contributed by atoms with Gasteiger partial charge in [-0.15, -0.1) is 0 Å². The van der Waals surface area contributed by atoms with Crippen molar-refractivity contribution >= 4 is 33.4 Å². The van der Waals surface area contributed by atoms with Crippen molar-refractivity contribution in [1.82, 2.24) is 4.90 Å². The maximum Gasteiger partial charge on any atom is 0.255 e. The summed E-state index contributed by atoms with van der Waals surface area (Å²) < 4.78 is 6.19. The third kappa shape index (κ3) is 3.39. The molecule has 0 aliphatic rings. The Morgan fingerprint density at radius 1 is 1.37 bits per heavy atom. The number of halogens is 2. The number of furan rings is 1. The number of nitrogens with zero attached hydrogens (tertiary/aromatic N) is 1. The molecule has 0 saturated heterocycles. The molecule has 3 nitrogen and oxygen atoms in total. The van der Waals surface area contributed by atoms with E-state index in [1.165, 1.54) is 0 Å². The Bertz CT molecular complexity index is 609. The molecular weight excluding hydrogens is 330 g/mol. The van der Waals surface area contributed by atoms with Crippen LogP contribution in [-0.2, 0) is 6.54 Å². The molecule has 1 aromatic carbocycles. The summed E-state index contributed by atoms with van der Waals surface area (Å²) >= 11 is 9.28. The predicted octanol–water partition coefficient (Wildman–Crippen LogP) is 4.28. The minimum Gasteiger partial charge on any atom is -0.464 e. The van der Waals surface area contributed by atoms with Crippen molar-refractivity contribution in [3.8, 4) is 0 Å². The fraction of sp³-hybridized carbons (Fsp3) is 0.214. The van der Waals surface area contributed by atoms with Gasteiger partial charge in [0.05, 0.1) is 12.1 Å². The zero-order valence-corrected chi connectivity index (χ0v) is 13.0. The number of carbonyl (C=O) groups is 1. The Labute approximate surface area is 125 Å². The molecule has 1 heterocycles. The lowest BCUT2D eigenvalue weighted by molar-refractivity contribution is 0.0774. The number of benzene rings is 1. The van der Waals surface area contributed by atoms with Gasteiger partial charge in [0.15, 0.2) is 0 Å². The molecular formula is C14H13BrClNO2. The normalized spacial score (nSPS) is 10.5. The average Bonchev–Trinajstić information content (AvgIpc) is 2.77. The molecule has 2 rings (SSSR count). The summed E-state index contributed by atoms with van der Waals surface area (Å²) in [6.45, 7) is 2.30. The molecule has 1 amide bonds. The third-order valence-electron chi connectivity index (χ3n) is 2.69. The zero-order chi connectivity index (χ0) is 14.0. The standard InChI is InChI=1S/C14H13BrClNO2/c1-9-3-5-11(19-9)8-17(2)14(18)12-7-10(16)4-6-13(12)15/h3-7H,8H2,1-2H3. The van der Waals surface area contributed by atoms with E-state index in [9.17, 15) is 4.79 Å². The Morgan fingerprint density at radius 2 is 2.11 bits per heavy atom. The first kappa shape index (κ1) is 14.2. The van der Waals surface area contributed by atoms with Crippen molar-refractivity contribution in [3.63, 3.8) is 0 Å². The molecule has 0 atom stereocenters. The van der Waals surface area contributed by atoms with Gasteiger partial charge in [0.1, 0.15) is 11.5 Å². The monoisotopic (exact) mass is 341 g/mol. The lowest BCUT2D eigenvalue weighted by atomic mass is 10.2. The van der Waals surface area contributed by atoms with E-state index in [1.807, 2.05) is 19.1 Å². The van der Waals surface area contributed by atoms with Crippen molar-refractivity contribution < 1.29 is 9.21 Å². The first-order valence-corrected chi connectivity index (χ1v) is 6.90. The molecule has 0 fully saturated rings. The van der Waals surface area contributed by atoms with E-state index in [4.69, 9.17) is 16.0 Å². The minimum absolute atomic E-state index is 0.108. The second-order valence-corrected chi connectivity index (χ2v) is 5.59. The Kier molecular flexibility index (Phi) is 4.32. The van der Waals surface area contributed by atoms with Gasteiger partial charge in [-0.25, -0.2) is 0 Å². The summed E-state index contributed by atoms with van der Waals surface area (Å²) in [5.41, 5.74) is 0.540. The van der Waals surface area contributed by atoms with Crippen molar-refractivity contribution in [2.75, 3.05) is 7.05 Å². The second-order valence-electron chi connectivity index (χ2n) is 4.30. The lowest BCUT2D eigenvalue weighted by Crippen LogP contribution is -2.26. The molecule has 0 radical (unpaired) electrons. The highest BCUT2D eigenvalue weighted by Gasteiger charge is 2.16. The fourth-order valence-corrected chi connectivity index (χ4v) is 2.33. The second kappa shape index (κ2) is 5.80. The first-order valence-electron chi connectivity index (χ1n) is 5.73. The summed E-state index contributed by atoms with van der Waals surface area (Å²) in [4.78, 5) is 13.9. The van der Waals surface area contributed by atoms with Crippen LogP contribution in [0.1, 0.15) is 21.9 Å². The van der Waals surface area contributed by atoms with Crippen LogP contribution in [0.4, 0.5) is 0 Å². The van der Waals surface area contributed by atoms with Gasteiger partial charge in [-0.1, -0.05) is 11.6 Å². The minimum atomic E-state index is -0.108. The molecule has 1 aromatic heterocycles. The van der Waals surface area contributed by atoms with Gasteiger partial charge in [-0.2, -0.15) is 0 Å². The number of hydrogen-bond donors (Lipinski definition) is 0. The van der Waals surface area contributed by atoms with E-state index in [-0.39, 0.29) is 5.91 Å². The molecule has 0 spiro atoms. The number of hydrogen-bond acceptors (Lipinski definition) is 2. The van der Waals surface area contributed by atoms with Gasteiger partial charge in [0, 0.05) is 16.5 Å². The van der Waals surface area contributed by atoms with Crippen LogP contribution in [0.2, 0.25) is 5.02 Å². The van der Waals surface area contributed by atoms with E-state index in [0.29, 0.717) is 17.1 Å². The van der Waals surface area contributed by atoms with E-state index in [2.05, 4.69) is 15.9 Å². The van der Waals surface area contributed by atoms with Gasteiger partial charge in [0.2, 0.25) is 0 Å². The predicted molar refractivity (Wildman–Crippen MR) is 78.4 cm³/mol. The fourth-order valence-electron chi connectivity index (χ4n) is 1.74. The lowest BCUT2D eigenvalue weighted by Gasteiger charge is -2.16. The Morgan fingerprint density at radius 3 is 2.74 bits per heavy atom. The Balaban J connectivity index is 2.16. The van der Waals surface area contributed by atoms with Crippen LogP contribution >= 0.6 is 27.5 Å². The summed E-state index contributed by atoms with van der Waals surface area (Å²) in [7, 11) is 1.73. The van der Waals surface area contributed by atoms with E-state index >= 15 is 0 Å². The highest BCUT2D eigenvalue weighted by Crippen LogP contribution is 2.23. The smallest absolute Gasteiger partial charge is 0.255 e. The number of aryl methyl sites for hydroxylation is 1. The van der Waals surface area contributed by atoms with Crippen LogP contribution < -0.4 is 0 Å². The zero-order valence-electron chi connectivity index (χ0n) is 10.6. The molecule has 5 heteroatoms. The third-order valence-corrected chi connectivity index (χ3v) is 3.62. The van der Waals surface area contributed by atoms with Crippen molar-refractivity contribution in [2.45, 2.75) is 13.5 Å². The summed E-state index contributed by atoms with van der Waals surface area (Å²) in [6.07, 6.45) is 0. The van der Waals surface area contributed by atoms with Crippen LogP contribution in [0.15, 0.2) is 39.2 Å². The number of carbonyl (C=O) groups excluding carboxylic acids is 1. The Hall–Kier alpha value is -1.26. The van der Waals surface area contributed by atoms with Crippen LogP contribution in [-0.4, -0.2) is 17.9 Å². The maximum absolute atomic E-state index is 12.3. The summed E-state index contributed by atoms with van der Waals surface area (Å²) in [5, 5.41) is 0.536. The van der Waals surface area contributed by atoms with Crippen molar-refractivity contribution in [2.24, 2.45) is 0 Å². The number of amides is 1. The van der Waals surface area contributed by atoms with Crippen molar-refractivity contribution in [3.05, 3.63) is 56.9 Å². The van der Waals surface area contributed by atoms with Crippen molar-refractivity contribution in [1.29, 1.82) is 0 Å².